The van der Waals surface area contributed by atoms with Crippen LogP contribution in [-0.2, 0) is 15.0 Å². The second kappa shape index (κ2) is 11.9. The van der Waals surface area contributed by atoms with Gasteiger partial charge in [0.05, 0.1) is 0 Å². The molecule has 2 aromatic carbocycles. The van der Waals surface area contributed by atoms with Gasteiger partial charge in [0.2, 0.25) is 0 Å². The van der Waals surface area contributed by atoms with E-state index in [-0.39, 0.29) is 5.41 Å². The predicted molar refractivity (Wildman–Crippen MR) is 131 cm³/mol. The molecule has 2 rings (SSSR count). The van der Waals surface area contributed by atoms with Crippen LogP contribution in [0.2, 0.25) is 0 Å². The lowest BCUT2D eigenvalue weighted by atomic mass is 9.77. The number of unbranched alkanes of at least 4 members (excludes halogenated alkanes) is 2. The molecule has 2 N–H and O–H groups in total. The summed E-state index contributed by atoms with van der Waals surface area (Å²) in [7, 11) is 0. The molecule has 0 heterocycles. The standard InChI is InChI=1S/C29H32O4/c1-5-7-9-11-25(27(30)31)21-13-17-23(18-14-21)29(3,4)24-19-15-22(16-20-24)26(28(32)33)12-10-8-6-2/h13-20,25-26H,5-8H2,1-4H3,(H,30,31)(H,32,33). The highest BCUT2D eigenvalue weighted by Crippen LogP contribution is 2.33. The summed E-state index contributed by atoms with van der Waals surface area (Å²) in [6.45, 7) is 8.19. The first kappa shape index (κ1) is 25.8. The highest BCUT2D eigenvalue weighted by molar-refractivity contribution is 5.80. The largest absolute Gasteiger partial charge is 0.480 e. The zero-order valence-corrected chi connectivity index (χ0v) is 19.8. The van der Waals surface area contributed by atoms with Gasteiger partial charge in [-0.05, 0) is 35.1 Å². The molecule has 0 bridgehead atoms. The minimum absolute atomic E-state index is 0.351. The lowest BCUT2D eigenvalue weighted by Crippen LogP contribution is -2.19. The topological polar surface area (TPSA) is 74.6 Å². The van der Waals surface area contributed by atoms with Gasteiger partial charge in [0.15, 0.2) is 0 Å². The summed E-state index contributed by atoms with van der Waals surface area (Å²) >= 11 is 0. The van der Waals surface area contributed by atoms with Crippen molar-refractivity contribution in [2.24, 2.45) is 0 Å². The van der Waals surface area contributed by atoms with Crippen LogP contribution in [0.25, 0.3) is 0 Å². The molecule has 0 saturated heterocycles. The molecule has 0 amide bonds. The molecule has 2 atom stereocenters. The highest BCUT2D eigenvalue weighted by atomic mass is 16.4. The SMILES string of the molecule is CCCC#CC(C(=O)O)c1ccc(C(C)(C)c2ccc(C(C#CCCC)C(=O)O)cc2)cc1. The van der Waals surface area contributed by atoms with E-state index in [1.807, 2.05) is 62.4 Å². The Morgan fingerprint density at radius 3 is 1.33 bits per heavy atom. The van der Waals surface area contributed by atoms with Crippen molar-refractivity contribution >= 4 is 11.9 Å². The summed E-state index contributed by atoms with van der Waals surface area (Å²) in [4.78, 5) is 23.3. The van der Waals surface area contributed by atoms with Crippen LogP contribution in [-0.4, -0.2) is 22.2 Å². The van der Waals surface area contributed by atoms with Crippen LogP contribution in [0.4, 0.5) is 0 Å². The van der Waals surface area contributed by atoms with E-state index in [1.165, 1.54) is 0 Å². The summed E-state index contributed by atoms with van der Waals surface area (Å²) < 4.78 is 0. The third-order valence-corrected chi connectivity index (χ3v) is 5.67. The van der Waals surface area contributed by atoms with Crippen LogP contribution in [0.3, 0.4) is 0 Å². The molecule has 4 nitrogen and oxygen atoms in total. The lowest BCUT2D eigenvalue weighted by Gasteiger charge is -2.27. The average molecular weight is 445 g/mol. The Bertz CT molecular complexity index is 983. The molecule has 0 radical (unpaired) electrons. The molecular formula is C29H32O4. The van der Waals surface area contributed by atoms with E-state index in [0.29, 0.717) is 24.0 Å². The first-order valence-corrected chi connectivity index (χ1v) is 11.4. The number of benzene rings is 2. The Labute approximate surface area is 197 Å². The smallest absolute Gasteiger partial charge is 0.323 e. The number of aliphatic carboxylic acids is 2. The zero-order valence-electron chi connectivity index (χ0n) is 19.8. The van der Waals surface area contributed by atoms with Crippen molar-refractivity contribution in [2.75, 3.05) is 0 Å². The molecule has 0 aromatic heterocycles. The summed E-state index contributed by atoms with van der Waals surface area (Å²) in [6.07, 6.45) is 3.14. The predicted octanol–water partition coefficient (Wildman–Crippen LogP) is 5.96. The van der Waals surface area contributed by atoms with Gasteiger partial charge in [0.25, 0.3) is 0 Å². The molecular weight excluding hydrogens is 412 g/mol. The number of hydrogen-bond acceptors (Lipinski definition) is 2. The Kier molecular flexibility index (Phi) is 9.31. The number of rotatable bonds is 8. The molecule has 2 unspecified atom stereocenters. The van der Waals surface area contributed by atoms with Crippen LogP contribution < -0.4 is 0 Å². The van der Waals surface area contributed by atoms with E-state index < -0.39 is 23.8 Å². The van der Waals surface area contributed by atoms with E-state index in [2.05, 4.69) is 37.5 Å². The maximum absolute atomic E-state index is 11.7. The van der Waals surface area contributed by atoms with E-state index in [4.69, 9.17) is 0 Å². The fraction of sp³-hybridized carbons (Fsp3) is 0.379. The Balaban J connectivity index is 2.29. The normalized spacial score (nSPS) is 12.5. The van der Waals surface area contributed by atoms with Crippen LogP contribution in [0.15, 0.2) is 48.5 Å². The molecule has 33 heavy (non-hydrogen) atoms. The first-order valence-electron chi connectivity index (χ1n) is 11.4. The minimum Gasteiger partial charge on any atom is -0.480 e. The summed E-state index contributed by atoms with van der Waals surface area (Å²) in [5.41, 5.74) is 3.03. The molecule has 4 heteroatoms. The second-order valence-corrected chi connectivity index (χ2v) is 8.55. The van der Waals surface area contributed by atoms with Gasteiger partial charge >= 0.3 is 11.9 Å². The Morgan fingerprint density at radius 1 is 0.727 bits per heavy atom. The van der Waals surface area contributed by atoms with Crippen molar-refractivity contribution in [3.63, 3.8) is 0 Å². The fourth-order valence-corrected chi connectivity index (χ4v) is 3.52. The first-order chi connectivity index (χ1) is 15.7. The van der Waals surface area contributed by atoms with Crippen LogP contribution in [0, 0.1) is 23.7 Å². The third kappa shape index (κ3) is 6.74. The summed E-state index contributed by atoms with van der Waals surface area (Å²) in [5, 5.41) is 19.1. The maximum atomic E-state index is 11.7. The molecule has 172 valence electrons. The van der Waals surface area contributed by atoms with Gasteiger partial charge in [-0.15, -0.1) is 11.8 Å². The monoisotopic (exact) mass is 444 g/mol. The number of carbonyl (C=O) groups is 2. The average Bonchev–Trinajstić information content (AvgIpc) is 2.79. The fourth-order valence-electron chi connectivity index (χ4n) is 3.52. The van der Waals surface area contributed by atoms with Crippen molar-refractivity contribution in [1.82, 2.24) is 0 Å². The van der Waals surface area contributed by atoms with Gasteiger partial charge in [-0.1, -0.05) is 88.1 Å². The lowest BCUT2D eigenvalue weighted by molar-refractivity contribution is -0.138. The van der Waals surface area contributed by atoms with Crippen molar-refractivity contribution in [2.45, 2.75) is 70.6 Å². The van der Waals surface area contributed by atoms with E-state index in [9.17, 15) is 19.8 Å². The van der Waals surface area contributed by atoms with Gasteiger partial charge in [-0.3, -0.25) is 9.59 Å². The molecule has 0 aliphatic rings. The summed E-state index contributed by atoms with van der Waals surface area (Å²) in [5.74, 6) is 8.03. The third-order valence-electron chi connectivity index (χ3n) is 5.67. The van der Waals surface area contributed by atoms with Crippen LogP contribution in [0.5, 0.6) is 0 Å². The van der Waals surface area contributed by atoms with Gasteiger partial charge in [-0.2, -0.15) is 0 Å². The molecule has 2 aromatic rings. The van der Waals surface area contributed by atoms with Gasteiger partial charge in [0.1, 0.15) is 11.8 Å². The Hall–Kier alpha value is -3.50. The molecule has 0 aliphatic heterocycles. The van der Waals surface area contributed by atoms with Gasteiger partial charge in [-0.25, -0.2) is 0 Å². The molecule has 0 spiro atoms. The van der Waals surface area contributed by atoms with Crippen LogP contribution in [0.1, 0.15) is 87.5 Å². The number of carboxylic acid groups (broad SMARTS) is 2. The van der Waals surface area contributed by atoms with E-state index in [0.717, 1.165) is 24.0 Å². The molecule has 0 saturated carbocycles. The van der Waals surface area contributed by atoms with Crippen molar-refractivity contribution in [3.8, 4) is 23.7 Å². The maximum Gasteiger partial charge on any atom is 0.323 e. The highest BCUT2D eigenvalue weighted by Gasteiger charge is 2.25. The van der Waals surface area contributed by atoms with E-state index in [1.54, 1.807) is 0 Å². The van der Waals surface area contributed by atoms with Gasteiger partial charge in [0, 0.05) is 18.3 Å². The van der Waals surface area contributed by atoms with Crippen molar-refractivity contribution in [1.29, 1.82) is 0 Å². The zero-order chi connectivity index (χ0) is 24.4. The number of carboxylic acids is 2. The minimum atomic E-state index is -0.948. The summed E-state index contributed by atoms with van der Waals surface area (Å²) in [6, 6.07) is 15.1. The van der Waals surface area contributed by atoms with Gasteiger partial charge < -0.3 is 10.2 Å². The van der Waals surface area contributed by atoms with Crippen molar-refractivity contribution < 1.29 is 19.8 Å². The molecule has 0 aliphatic carbocycles. The van der Waals surface area contributed by atoms with Crippen molar-refractivity contribution in [3.05, 3.63) is 70.8 Å². The molecule has 0 fully saturated rings. The quantitative estimate of drug-likeness (QED) is 0.493. The Morgan fingerprint density at radius 2 is 1.06 bits per heavy atom. The second-order valence-electron chi connectivity index (χ2n) is 8.55. The van der Waals surface area contributed by atoms with E-state index >= 15 is 0 Å². The number of hydrogen-bond donors (Lipinski definition) is 2. The van der Waals surface area contributed by atoms with Crippen LogP contribution >= 0.6 is 0 Å².